The van der Waals surface area contributed by atoms with Gasteiger partial charge >= 0.3 is 0 Å². The number of amides is 1. The van der Waals surface area contributed by atoms with E-state index in [2.05, 4.69) is 15.3 Å². The Hall–Kier alpha value is -3.89. The molecule has 1 N–H and O–H groups in total. The summed E-state index contributed by atoms with van der Waals surface area (Å²) in [7, 11) is -3.50. The number of carbonyl (C=O) groups is 1. The number of ether oxygens (including phenoxy) is 2. The molecule has 0 bridgehead atoms. The number of hydrogen-bond donors (Lipinski definition) is 1. The largest absolute Gasteiger partial charge is 0.475 e. The molecule has 10 heteroatoms. The Bertz CT molecular complexity index is 1590. The molecule has 1 aromatic carbocycles. The number of hydrogen-bond acceptors (Lipinski definition) is 8. The summed E-state index contributed by atoms with van der Waals surface area (Å²) in [5.74, 6) is 0.0367. The van der Waals surface area contributed by atoms with Crippen LogP contribution in [0.2, 0.25) is 0 Å². The Morgan fingerprint density at radius 2 is 1.92 bits per heavy atom. The second-order valence-electron chi connectivity index (χ2n) is 8.97. The van der Waals surface area contributed by atoms with Crippen LogP contribution in [0.1, 0.15) is 35.5 Å². The van der Waals surface area contributed by atoms with Gasteiger partial charge in [0, 0.05) is 23.2 Å². The van der Waals surface area contributed by atoms with Gasteiger partial charge in [-0.05, 0) is 55.8 Å². The van der Waals surface area contributed by atoms with Crippen LogP contribution >= 0.6 is 0 Å². The van der Waals surface area contributed by atoms with Crippen LogP contribution in [-0.4, -0.2) is 47.7 Å². The fourth-order valence-electron chi connectivity index (χ4n) is 4.00. The quantitative estimate of drug-likeness (QED) is 0.410. The van der Waals surface area contributed by atoms with Gasteiger partial charge in [-0.25, -0.2) is 18.4 Å². The molecule has 0 saturated heterocycles. The van der Waals surface area contributed by atoms with Crippen LogP contribution in [0, 0.1) is 0 Å². The van der Waals surface area contributed by atoms with E-state index in [1.54, 1.807) is 18.3 Å². The maximum absolute atomic E-state index is 12.8. The molecule has 1 aliphatic rings. The average Bonchev–Trinajstić information content (AvgIpc) is 3.04. The average molecular weight is 519 g/mol. The highest BCUT2D eigenvalue weighted by Gasteiger charge is 2.23. The van der Waals surface area contributed by atoms with Crippen molar-refractivity contribution in [1.29, 1.82) is 0 Å². The number of nitrogens with one attached hydrogen (secondary N) is 1. The first kappa shape index (κ1) is 24.8. The summed E-state index contributed by atoms with van der Waals surface area (Å²) in [6.45, 7) is 4.38. The Kier molecular flexibility index (Phi) is 6.86. The predicted octanol–water partition coefficient (Wildman–Crippen LogP) is 3.71. The standard InChI is InChI=1S/C27H26N4O5S/c1-17(2)36-26-5-3-4-22(31-26)23-9-8-19-14-28-21(13-24(19)30-23)15-29-27(32)18-6-7-20-16-35-10-11-37(33,34)25(20)12-18/h3-9,12-14,17H,10-11,15-16H2,1-2H3,(H,29,32). The second-order valence-corrected chi connectivity index (χ2v) is 11.0. The molecule has 1 amide bonds. The Balaban J connectivity index is 1.34. The van der Waals surface area contributed by atoms with Crippen molar-refractivity contribution in [3.8, 4) is 17.3 Å². The van der Waals surface area contributed by atoms with Crippen LogP contribution in [0.3, 0.4) is 0 Å². The minimum absolute atomic E-state index is 0.0142. The van der Waals surface area contributed by atoms with Gasteiger partial charge in [0.1, 0.15) is 0 Å². The van der Waals surface area contributed by atoms with E-state index < -0.39 is 15.7 Å². The molecular formula is C27H26N4O5S. The minimum atomic E-state index is -3.50. The molecule has 3 aromatic heterocycles. The van der Waals surface area contributed by atoms with E-state index in [1.165, 1.54) is 6.07 Å². The lowest BCUT2D eigenvalue weighted by molar-refractivity contribution is 0.0950. The van der Waals surface area contributed by atoms with Gasteiger partial charge < -0.3 is 14.8 Å². The lowest BCUT2D eigenvalue weighted by Gasteiger charge is -2.10. The van der Waals surface area contributed by atoms with Gasteiger partial charge in [0.2, 0.25) is 5.88 Å². The Morgan fingerprint density at radius 1 is 1.08 bits per heavy atom. The van der Waals surface area contributed by atoms with Crippen molar-refractivity contribution in [2.75, 3.05) is 12.4 Å². The third-order valence-electron chi connectivity index (χ3n) is 5.82. The third-order valence-corrected chi connectivity index (χ3v) is 7.58. The van der Waals surface area contributed by atoms with Gasteiger partial charge in [-0.2, -0.15) is 0 Å². The van der Waals surface area contributed by atoms with Crippen molar-refractivity contribution in [1.82, 2.24) is 20.3 Å². The maximum atomic E-state index is 12.8. The highest BCUT2D eigenvalue weighted by Crippen LogP contribution is 2.24. The number of pyridine rings is 3. The summed E-state index contributed by atoms with van der Waals surface area (Å²) < 4.78 is 36.1. The zero-order valence-electron chi connectivity index (χ0n) is 20.5. The third kappa shape index (κ3) is 5.60. The van der Waals surface area contributed by atoms with Gasteiger partial charge in [0.15, 0.2) is 9.84 Å². The van der Waals surface area contributed by atoms with Crippen LogP contribution < -0.4 is 10.1 Å². The molecule has 0 unspecified atom stereocenters. The molecule has 9 nitrogen and oxygen atoms in total. The first-order valence-corrected chi connectivity index (χ1v) is 13.6. The Morgan fingerprint density at radius 3 is 2.76 bits per heavy atom. The molecule has 0 atom stereocenters. The number of nitrogens with zero attached hydrogens (tertiary/aromatic N) is 3. The molecule has 5 rings (SSSR count). The fraction of sp³-hybridized carbons (Fsp3) is 0.259. The van der Waals surface area contributed by atoms with Crippen LogP contribution in [0.15, 0.2) is 65.7 Å². The second kappa shape index (κ2) is 10.2. The van der Waals surface area contributed by atoms with Gasteiger partial charge in [-0.1, -0.05) is 12.1 Å². The van der Waals surface area contributed by atoms with Crippen molar-refractivity contribution >= 4 is 26.6 Å². The van der Waals surface area contributed by atoms with Gasteiger partial charge in [0.05, 0.1) is 59.1 Å². The maximum Gasteiger partial charge on any atom is 0.251 e. The van der Waals surface area contributed by atoms with E-state index in [1.807, 2.05) is 50.2 Å². The van der Waals surface area contributed by atoms with E-state index in [-0.39, 0.29) is 42.1 Å². The van der Waals surface area contributed by atoms with E-state index in [9.17, 15) is 13.2 Å². The predicted molar refractivity (Wildman–Crippen MR) is 138 cm³/mol. The number of aromatic nitrogens is 3. The molecular weight excluding hydrogens is 492 g/mol. The molecule has 1 aliphatic heterocycles. The zero-order chi connectivity index (χ0) is 26.0. The van der Waals surface area contributed by atoms with Crippen molar-refractivity contribution in [2.24, 2.45) is 0 Å². The summed E-state index contributed by atoms with van der Waals surface area (Å²) in [5.41, 5.74) is 3.53. The van der Waals surface area contributed by atoms with E-state index >= 15 is 0 Å². The van der Waals surface area contributed by atoms with Crippen molar-refractivity contribution in [2.45, 2.75) is 38.0 Å². The van der Waals surface area contributed by atoms with E-state index in [4.69, 9.17) is 14.5 Å². The molecule has 190 valence electrons. The van der Waals surface area contributed by atoms with Crippen LogP contribution in [0.5, 0.6) is 5.88 Å². The number of benzene rings is 1. The summed E-state index contributed by atoms with van der Waals surface area (Å²) in [6.07, 6.45) is 1.72. The fourth-order valence-corrected chi connectivity index (χ4v) is 5.39. The topological polar surface area (TPSA) is 120 Å². The summed E-state index contributed by atoms with van der Waals surface area (Å²) in [6, 6.07) is 15.8. The SMILES string of the molecule is CC(C)Oc1cccc(-c2ccc3cnc(CNC(=O)c4ccc5c(c4)S(=O)(=O)CCOC5)cc3n2)n1. The number of sulfone groups is 1. The van der Waals surface area contributed by atoms with Gasteiger partial charge in [0.25, 0.3) is 5.91 Å². The molecule has 0 fully saturated rings. The summed E-state index contributed by atoms with van der Waals surface area (Å²) >= 11 is 0. The molecule has 4 heterocycles. The summed E-state index contributed by atoms with van der Waals surface area (Å²) in [5, 5.41) is 3.67. The first-order valence-electron chi connectivity index (χ1n) is 11.9. The highest BCUT2D eigenvalue weighted by molar-refractivity contribution is 7.91. The lowest BCUT2D eigenvalue weighted by Crippen LogP contribution is -2.23. The molecule has 0 aliphatic carbocycles. The smallest absolute Gasteiger partial charge is 0.251 e. The van der Waals surface area contributed by atoms with Gasteiger partial charge in [-0.15, -0.1) is 0 Å². The minimum Gasteiger partial charge on any atom is -0.475 e. The molecule has 0 radical (unpaired) electrons. The lowest BCUT2D eigenvalue weighted by atomic mass is 10.1. The number of rotatable bonds is 6. The van der Waals surface area contributed by atoms with Crippen molar-refractivity contribution in [3.05, 3.63) is 77.6 Å². The van der Waals surface area contributed by atoms with Crippen molar-refractivity contribution in [3.63, 3.8) is 0 Å². The van der Waals surface area contributed by atoms with E-state index in [0.29, 0.717) is 34.0 Å². The highest BCUT2D eigenvalue weighted by atomic mass is 32.2. The zero-order valence-corrected chi connectivity index (χ0v) is 21.3. The van der Waals surface area contributed by atoms with Crippen LogP contribution in [0.25, 0.3) is 22.3 Å². The summed E-state index contributed by atoms with van der Waals surface area (Å²) in [4.78, 5) is 26.7. The van der Waals surface area contributed by atoms with E-state index in [0.717, 1.165) is 5.39 Å². The monoisotopic (exact) mass is 518 g/mol. The first-order chi connectivity index (χ1) is 17.8. The molecule has 0 saturated carbocycles. The van der Waals surface area contributed by atoms with Gasteiger partial charge in [-0.3, -0.25) is 9.78 Å². The molecule has 37 heavy (non-hydrogen) atoms. The number of carbonyl (C=O) groups excluding carboxylic acids is 1. The molecule has 4 aromatic rings. The Labute approximate surface area is 214 Å². The van der Waals surface area contributed by atoms with Crippen LogP contribution in [-0.2, 0) is 27.7 Å². The van der Waals surface area contributed by atoms with Crippen molar-refractivity contribution < 1.29 is 22.7 Å². The van der Waals surface area contributed by atoms with Crippen LogP contribution in [0.4, 0.5) is 0 Å². The molecule has 0 spiro atoms. The normalized spacial score (nSPS) is 14.7. The number of fused-ring (bicyclic) bond motifs is 2.